The first-order valence-electron chi connectivity index (χ1n) is 7.45. The van der Waals surface area contributed by atoms with Crippen molar-refractivity contribution in [2.45, 2.75) is 0 Å². The van der Waals surface area contributed by atoms with Crippen molar-refractivity contribution in [2.24, 2.45) is 4.99 Å². The molecule has 0 radical (unpaired) electrons. The number of amidine groups is 1. The summed E-state index contributed by atoms with van der Waals surface area (Å²) in [6.07, 6.45) is 3.56. The summed E-state index contributed by atoms with van der Waals surface area (Å²) in [7, 11) is 0. The van der Waals surface area contributed by atoms with Crippen LogP contribution in [0.25, 0.3) is 6.08 Å². The molecule has 1 aromatic rings. The molecule has 23 heavy (non-hydrogen) atoms. The Bertz CT molecular complexity index is 646. The Labute approximate surface area is 139 Å². The van der Waals surface area contributed by atoms with Gasteiger partial charge in [0.15, 0.2) is 5.17 Å². The molecule has 1 amide bonds. The van der Waals surface area contributed by atoms with E-state index in [-0.39, 0.29) is 5.91 Å². The zero-order valence-corrected chi connectivity index (χ0v) is 13.6. The fraction of sp³-hybridized carbons (Fsp3) is 0.294. The maximum atomic E-state index is 12.1. The molecule has 5 nitrogen and oxygen atoms in total. The van der Waals surface area contributed by atoms with Crippen molar-refractivity contribution in [1.82, 2.24) is 4.90 Å². The van der Waals surface area contributed by atoms with Gasteiger partial charge in [0.2, 0.25) is 0 Å². The molecule has 2 heterocycles. The van der Waals surface area contributed by atoms with E-state index >= 15 is 0 Å². The van der Waals surface area contributed by atoms with Gasteiger partial charge in [-0.05, 0) is 35.5 Å². The quantitative estimate of drug-likeness (QED) is 0.627. The van der Waals surface area contributed by atoms with Gasteiger partial charge in [0.05, 0.1) is 18.1 Å². The molecular formula is C17H18N2O3S. The van der Waals surface area contributed by atoms with Crippen molar-refractivity contribution < 1.29 is 14.3 Å². The number of amides is 1. The van der Waals surface area contributed by atoms with Gasteiger partial charge in [0, 0.05) is 13.1 Å². The topological polar surface area (TPSA) is 51.1 Å². The van der Waals surface area contributed by atoms with E-state index in [4.69, 9.17) is 9.47 Å². The first kappa shape index (κ1) is 15.8. The molecule has 3 rings (SSSR count). The molecule has 1 saturated heterocycles. The van der Waals surface area contributed by atoms with Gasteiger partial charge < -0.3 is 14.4 Å². The van der Waals surface area contributed by atoms with Crippen LogP contribution < -0.4 is 4.74 Å². The second-order valence-corrected chi connectivity index (χ2v) is 6.09. The van der Waals surface area contributed by atoms with Crippen molar-refractivity contribution in [2.75, 3.05) is 32.9 Å². The highest BCUT2D eigenvalue weighted by atomic mass is 32.2. The third-order valence-electron chi connectivity index (χ3n) is 3.44. The third kappa shape index (κ3) is 4.03. The van der Waals surface area contributed by atoms with Crippen LogP contribution in [0.1, 0.15) is 5.56 Å². The number of carbonyl (C=O) groups excluding carboxylic acids is 1. The Morgan fingerprint density at radius 2 is 2.04 bits per heavy atom. The lowest BCUT2D eigenvalue weighted by Crippen LogP contribution is -2.38. The minimum atomic E-state index is -0.177. The number of ether oxygens (including phenoxy) is 2. The molecule has 1 fully saturated rings. The van der Waals surface area contributed by atoms with Gasteiger partial charge in [0.25, 0.3) is 5.91 Å². The van der Waals surface area contributed by atoms with Crippen LogP contribution in [0.5, 0.6) is 5.75 Å². The number of rotatable bonds is 4. The monoisotopic (exact) mass is 330 g/mol. The molecule has 0 spiro atoms. The van der Waals surface area contributed by atoms with E-state index in [0.29, 0.717) is 24.7 Å². The number of morpholine rings is 1. The van der Waals surface area contributed by atoms with Crippen LogP contribution >= 0.6 is 11.8 Å². The molecular weight excluding hydrogens is 312 g/mol. The summed E-state index contributed by atoms with van der Waals surface area (Å²) in [5.74, 6) is 0.603. The highest BCUT2D eigenvalue weighted by Gasteiger charge is 2.26. The molecule has 1 aromatic carbocycles. The van der Waals surface area contributed by atoms with Gasteiger partial charge >= 0.3 is 0 Å². The van der Waals surface area contributed by atoms with E-state index in [9.17, 15) is 4.79 Å². The van der Waals surface area contributed by atoms with Crippen LogP contribution in [0, 0.1) is 0 Å². The average molecular weight is 330 g/mol. The Kier molecular flexibility index (Phi) is 5.15. The number of nitrogens with zero attached hydrogens (tertiary/aromatic N) is 2. The standard InChI is InChI=1S/C17H18N2O3S/c1-2-9-22-14-5-3-13(4-6-14)12-15-16(20)18-17(23-15)19-7-10-21-11-8-19/h2-6,12H,1,7-11H2. The number of hydrogen-bond donors (Lipinski definition) is 0. The van der Waals surface area contributed by atoms with Crippen LogP contribution in [-0.4, -0.2) is 48.9 Å². The minimum Gasteiger partial charge on any atom is -0.490 e. The van der Waals surface area contributed by atoms with Gasteiger partial charge in [-0.1, -0.05) is 24.8 Å². The maximum absolute atomic E-state index is 12.1. The Hall–Kier alpha value is -2.05. The molecule has 2 aliphatic rings. The molecule has 0 N–H and O–H groups in total. The van der Waals surface area contributed by atoms with Crippen molar-refractivity contribution >= 4 is 28.9 Å². The molecule has 0 atom stereocenters. The van der Waals surface area contributed by atoms with Gasteiger partial charge in [-0.3, -0.25) is 4.79 Å². The normalized spacial score (nSPS) is 19.8. The zero-order chi connectivity index (χ0) is 16.1. The number of benzene rings is 1. The number of thioether (sulfide) groups is 1. The van der Waals surface area contributed by atoms with Crippen molar-refractivity contribution in [1.29, 1.82) is 0 Å². The smallest absolute Gasteiger partial charge is 0.286 e. The summed E-state index contributed by atoms with van der Waals surface area (Å²) in [6, 6.07) is 7.60. The largest absolute Gasteiger partial charge is 0.490 e. The molecule has 0 aromatic heterocycles. The zero-order valence-electron chi connectivity index (χ0n) is 12.7. The van der Waals surface area contributed by atoms with Gasteiger partial charge in [-0.2, -0.15) is 4.99 Å². The van der Waals surface area contributed by atoms with E-state index in [1.807, 2.05) is 30.3 Å². The predicted octanol–water partition coefficient (Wildman–Crippen LogP) is 2.55. The fourth-order valence-electron chi connectivity index (χ4n) is 2.25. The lowest BCUT2D eigenvalue weighted by atomic mass is 10.2. The highest BCUT2D eigenvalue weighted by molar-refractivity contribution is 8.18. The maximum Gasteiger partial charge on any atom is 0.286 e. The van der Waals surface area contributed by atoms with Crippen LogP contribution in [0.4, 0.5) is 0 Å². The summed E-state index contributed by atoms with van der Waals surface area (Å²) in [5, 5.41) is 0.774. The van der Waals surface area contributed by atoms with Crippen LogP contribution in [0.15, 0.2) is 46.8 Å². The Balaban J connectivity index is 1.66. The Morgan fingerprint density at radius 1 is 1.30 bits per heavy atom. The lowest BCUT2D eigenvalue weighted by molar-refractivity contribution is -0.113. The molecule has 0 saturated carbocycles. The van der Waals surface area contributed by atoms with Crippen molar-refractivity contribution in [3.8, 4) is 5.75 Å². The molecule has 2 aliphatic heterocycles. The van der Waals surface area contributed by atoms with Gasteiger partial charge in [0.1, 0.15) is 12.4 Å². The lowest BCUT2D eigenvalue weighted by Gasteiger charge is -2.27. The summed E-state index contributed by atoms with van der Waals surface area (Å²) in [5.41, 5.74) is 0.949. The molecule has 120 valence electrons. The van der Waals surface area contributed by atoms with E-state index in [1.54, 1.807) is 6.08 Å². The highest BCUT2D eigenvalue weighted by Crippen LogP contribution is 2.30. The first-order valence-corrected chi connectivity index (χ1v) is 8.27. The number of hydrogen-bond acceptors (Lipinski definition) is 5. The average Bonchev–Trinajstić information content (AvgIpc) is 2.96. The summed E-state index contributed by atoms with van der Waals surface area (Å²) in [6.45, 7) is 7.01. The fourth-order valence-corrected chi connectivity index (χ4v) is 3.22. The predicted molar refractivity (Wildman–Crippen MR) is 92.5 cm³/mol. The summed E-state index contributed by atoms with van der Waals surface area (Å²) >= 11 is 1.43. The van der Waals surface area contributed by atoms with Crippen molar-refractivity contribution in [3.05, 3.63) is 47.4 Å². The Morgan fingerprint density at radius 3 is 2.74 bits per heavy atom. The van der Waals surface area contributed by atoms with E-state index < -0.39 is 0 Å². The van der Waals surface area contributed by atoms with Gasteiger partial charge in [-0.15, -0.1) is 0 Å². The first-order chi connectivity index (χ1) is 11.3. The summed E-state index contributed by atoms with van der Waals surface area (Å²) < 4.78 is 10.8. The van der Waals surface area contributed by atoms with Crippen molar-refractivity contribution in [3.63, 3.8) is 0 Å². The number of aliphatic imine (C=N–C) groups is 1. The molecule has 0 unspecified atom stereocenters. The molecule has 0 bridgehead atoms. The SMILES string of the molecule is C=CCOc1ccc(C=C2SC(N3CCOCC3)=NC2=O)cc1. The van der Waals surface area contributed by atoms with E-state index in [1.165, 1.54) is 11.8 Å². The second kappa shape index (κ2) is 7.48. The van der Waals surface area contributed by atoms with E-state index in [2.05, 4.69) is 16.5 Å². The molecule has 6 heteroatoms. The number of carbonyl (C=O) groups is 1. The summed E-state index contributed by atoms with van der Waals surface area (Å²) in [4.78, 5) is 19.0. The van der Waals surface area contributed by atoms with Crippen LogP contribution in [0.3, 0.4) is 0 Å². The minimum absolute atomic E-state index is 0.177. The van der Waals surface area contributed by atoms with Crippen LogP contribution in [-0.2, 0) is 9.53 Å². The second-order valence-electron chi connectivity index (χ2n) is 5.08. The third-order valence-corrected chi connectivity index (χ3v) is 4.48. The van der Waals surface area contributed by atoms with Crippen LogP contribution in [0.2, 0.25) is 0 Å². The van der Waals surface area contributed by atoms with E-state index in [0.717, 1.165) is 29.6 Å². The van der Waals surface area contributed by atoms with Gasteiger partial charge in [-0.25, -0.2) is 0 Å². The molecule has 0 aliphatic carbocycles.